The molecule has 2 aromatic carbocycles. The zero-order chi connectivity index (χ0) is 15.4. The van der Waals surface area contributed by atoms with Crippen LogP contribution in [0.4, 0.5) is 0 Å². The fourth-order valence-corrected chi connectivity index (χ4v) is 2.98. The Morgan fingerprint density at radius 3 is 2.91 bits per heavy atom. The molecule has 114 valence electrons. The second-order valence-electron chi connectivity index (χ2n) is 5.48. The third kappa shape index (κ3) is 2.93. The summed E-state index contributed by atoms with van der Waals surface area (Å²) in [6.07, 6.45) is 6.26. The standard InChI is InChI=1S/C20H22O2/c1-3-5-20(21-2)17-9-8-15-6-4-7-18(19(15)14-17)16-10-12-22-13-11-16/h4-10,14H,3,11-13H2,1-2H3/b20-5+. The first-order chi connectivity index (χ1) is 10.8. The number of benzene rings is 2. The molecule has 3 rings (SSSR count). The maximum atomic E-state index is 5.54. The van der Waals surface area contributed by atoms with Gasteiger partial charge in [0, 0.05) is 5.56 Å². The Morgan fingerprint density at radius 1 is 1.27 bits per heavy atom. The van der Waals surface area contributed by atoms with Crippen molar-refractivity contribution in [1.82, 2.24) is 0 Å². The Kier molecular flexibility index (Phi) is 4.59. The van der Waals surface area contributed by atoms with Gasteiger partial charge in [0.15, 0.2) is 0 Å². The first-order valence-electron chi connectivity index (χ1n) is 7.88. The molecule has 0 fully saturated rings. The average molecular weight is 294 g/mol. The van der Waals surface area contributed by atoms with Crippen molar-refractivity contribution in [3.63, 3.8) is 0 Å². The second kappa shape index (κ2) is 6.80. The van der Waals surface area contributed by atoms with E-state index >= 15 is 0 Å². The molecule has 2 aromatic rings. The van der Waals surface area contributed by atoms with E-state index in [9.17, 15) is 0 Å². The Labute approximate surface area is 132 Å². The predicted molar refractivity (Wildman–Crippen MR) is 92.6 cm³/mol. The van der Waals surface area contributed by atoms with Crippen molar-refractivity contribution in [2.75, 3.05) is 20.3 Å². The Morgan fingerprint density at radius 2 is 2.18 bits per heavy atom. The fourth-order valence-electron chi connectivity index (χ4n) is 2.98. The molecule has 22 heavy (non-hydrogen) atoms. The van der Waals surface area contributed by atoms with Crippen LogP contribution in [-0.2, 0) is 9.47 Å². The smallest absolute Gasteiger partial charge is 0.122 e. The van der Waals surface area contributed by atoms with Crippen molar-refractivity contribution in [1.29, 1.82) is 0 Å². The van der Waals surface area contributed by atoms with Gasteiger partial charge in [-0.15, -0.1) is 0 Å². The van der Waals surface area contributed by atoms with E-state index < -0.39 is 0 Å². The number of methoxy groups -OCH3 is 1. The van der Waals surface area contributed by atoms with Crippen LogP contribution in [0.3, 0.4) is 0 Å². The molecule has 2 heteroatoms. The van der Waals surface area contributed by atoms with E-state index in [1.165, 1.54) is 21.9 Å². The maximum absolute atomic E-state index is 5.54. The van der Waals surface area contributed by atoms with E-state index in [1.54, 1.807) is 7.11 Å². The van der Waals surface area contributed by atoms with E-state index in [-0.39, 0.29) is 0 Å². The van der Waals surface area contributed by atoms with Gasteiger partial charge >= 0.3 is 0 Å². The molecule has 0 bridgehead atoms. The molecular weight excluding hydrogens is 272 g/mol. The first-order valence-corrected chi connectivity index (χ1v) is 7.88. The van der Waals surface area contributed by atoms with E-state index in [0.29, 0.717) is 6.61 Å². The summed E-state index contributed by atoms with van der Waals surface area (Å²) < 4.78 is 11.0. The molecule has 0 aromatic heterocycles. The van der Waals surface area contributed by atoms with Crippen LogP contribution in [0.5, 0.6) is 0 Å². The highest BCUT2D eigenvalue weighted by atomic mass is 16.5. The quantitative estimate of drug-likeness (QED) is 0.735. The molecule has 2 nitrogen and oxygen atoms in total. The highest BCUT2D eigenvalue weighted by Gasteiger charge is 2.11. The molecule has 1 aliphatic rings. The van der Waals surface area contributed by atoms with E-state index in [1.807, 2.05) is 0 Å². The molecule has 0 saturated heterocycles. The summed E-state index contributed by atoms with van der Waals surface area (Å²) >= 11 is 0. The maximum Gasteiger partial charge on any atom is 0.122 e. The van der Waals surface area contributed by atoms with E-state index in [0.717, 1.165) is 30.8 Å². The highest BCUT2D eigenvalue weighted by Crippen LogP contribution is 2.31. The zero-order valence-corrected chi connectivity index (χ0v) is 13.3. The predicted octanol–water partition coefficient (Wildman–Crippen LogP) is 5.04. The van der Waals surface area contributed by atoms with E-state index in [4.69, 9.17) is 9.47 Å². The molecule has 0 saturated carbocycles. The van der Waals surface area contributed by atoms with Crippen LogP contribution < -0.4 is 0 Å². The van der Waals surface area contributed by atoms with Gasteiger partial charge in [-0.05, 0) is 46.9 Å². The summed E-state index contributed by atoms with van der Waals surface area (Å²) in [5.74, 6) is 0.945. The van der Waals surface area contributed by atoms with Crippen molar-refractivity contribution in [3.05, 3.63) is 59.7 Å². The molecule has 1 aliphatic heterocycles. The van der Waals surface area contributed by atoms with Gasteiger partial charge < -0.3 is 9.47 Å². The zero-order valence-electron chi connectivity index (χ0n) is 13.3. The second-order valence-corrected chi connectivity index (χ2v) is 5.48. The molecule has 0 atom stereocenters. The molecular formula is C20H22O2. The number of hydrogen-bond acceptors (Lipinski definition) is 2. The monoisotopic (exact) mass is 294 g/mol. The van der Waals surface area contributed by atoms with Crippen LogP contribution in [0.1, 0.15) is 30.9 Å². The first kappa shape index (κ1) is 14.9. The van der Waals surface area contributed by atoms with Crippen molar-refractivity contribution in [2.45, 2.75) is 19.8 Å². The number of hydrogen-bond donors (Lipinski definition) is 0. The molecule has 0 radical (unpaired) electrons. The lowest BCUT2D eigenvalue weighted by Crippen LogP contribution is -2.04. The van der Waals surface area contributed by atoms with Crippen molar-refractivity contribution < 1.29 is 9.47 Å². The number of ether oxygens (including phenoxy) is 2. The van der Waals surface area contributed by atoms with Crippen LogP contribution in [-0.4, -0.2) is 20.3 Å². The van der Waals surface area contributed by atoms with Gasteiger partial charge in [0.25, 0.3) is 0 Å². The number of allylic oxidation sites excluding steroid dienone is 1. The van der Waals surface area contributed by atoms with Gasteiger partial charge in [0.05, 0.1) is 20.3 Å². The lowest BCUT2D eigenvalue weighted by atomic mass is 9.94. The number of rotatable bonds is 4. The van der Waals surface area contributed by atoms with Gasteiger partial charge in [-0.2, -0.15) is 0 Å². The average Bonchev–Trinajstić information content (AvgIpc) is 2.59. The molecule has 1 heterocycles. The third-order valence-electron chi connectivity index (χ3n) is 4.09. The summed E-state index contributed by atoms with van der Waals surface area (Å²) in [6.45, 7) is 3.64. The van der Waals surface area contributed by atoms with Crippen LogP contribution in [0.2, 0.25) is 0 Å². The van der Waals surface area contributed by atoms with Crippen molar-refractivity contribution >= 4 is 22.1 Å². The summed E-state index contributed by atoms with van der Waals surface area (Å²) in [5.41, 5.74) is 3.83. The van der Waals surface area contributed by atoms with Crippen LogP contribution in [0, 0.1) is 0 Å². The lowest BCUT2D eigenvalue weighted by molar-refractivity contribution is 0.161. The molecule has 0 N–H and O–H groups in total. The largest absolute Gasteiger partial charge is 0.496 e. The topological polar surface area (TPSA) is 18.5 Å². The Balaban J connectivity index is 2.13. The van der Waals surface area contributed by atoms with Crippen molar-refractivity contribution in [2.24, 2.45) is 0 Å². The minimum absolute atomic E-state index is 0.713. The van der Waals surface area contributed by atoms with E-state index in [2.05, 4.69) is 55.5 Å². The summed E-state index contributed by atoms with van der Waals surface area (Å²) in [4.78, 5) is 0. The number of fused-ring (bicyclic) bond motifs is 1. The highest BCUT2D eigenvalue weighted by molar-refractivity contribution is 5.95. The summed E-state index contributed by atoms with van der Waals surface area (Å²) in [7, 11) is 1.73. The van der Waals surface area contributed by atoms with Gasteiger partial charge in [-0.3, -0.25) is 0 Å². The van der Waals surface area contributed by atoms with Gasteiger partial charge in [0.2, 0.25) is 0 Å². The van der Waals surface area contributed by atoms with Crippen LogP contribution >= 0.6 is 0 Å². The molecule has 0 amide bonds. The summed E-state index contributed by atoms with van der Waals surface area (Å²) in [5, 5.41) is 2.55. The van der Waals surface area contributed by atoms with Gasteiger partial charge in [-0.1, -0.05) is 43.3 Å². The normalized spacial score (nSPS) is 15.7. The molecule has 0 aliphatic carbocycles. The Bertz CT molecular complexity index is 726. The van der Waals surface area contributed by atoms with Gasteiger partial charge in [0.1, 0.15) is 5.76 Å². The minimum Gasteiger partial charge on any atom is -0.496 e. The fraction of sp³-hybridized carbons (Fsp3) is 0.300. The molecule has 0 spiro atoms. The summed E-state index contributed by atoms with van der Waals surface area (Å²) in [6, 6.07) is 13.1. The molecule has 0 unspecified atom stereocenters. The Hall–Kier alpha value is -2.06. The lowest BCUT2D eigenvalue weighted by Gasteiger charge is -2.16. The SMILES string of the molecule is CC/C=C(/OC)c1ccc2cccc(C3=CCOCC3)c2c1. The van der Waals surface area contributed by atoms with Gasteiger partial charge in [-0.25, -0.2) is 0 Å². The minimum atomic E-state index is 0.713. The van der Waals surface area contributed by atoms with Crippen LogP contribution in [0.25, 0.3) is 22.1 Å². The third-order valence-corrected chi connectivity index (χ3v) is 4.09. The van der Waals surface area contributed by atoms with Crippen molar-refractivity contribution in [3.8, 4) is 0 Å². The van der Waals surface area contributed by atoms with Crippen LogP contribution in [0.15, 0.2) is 48.6 Å².